The van der Waals surface area contributed by atoms with Gasteiger partial charge in [0, 0.05) is 18.0 Å². The highest BCUT2D eigenvalue weighted by atomic mass is 16.5. The number of nitrogens with zero attached hydrogens (tertiary/aromatic N) is 3. The third kappa shape index (κ3) is 5.09. The molecule has 9 heteroatoms. The molecule has 0 fully saturated rings. The van der Waals surface area contributed by atoms with Crippen molar-refractivity contribution in [2.45, 2.75) is 20.3 Å². The van der Waals surface area contributed by atoms with E-state index in [0.717, 1.165) is 16.5 Å². The van der Waals surface area contributed by atoms with Crippen molar-refractivity contribution in [3.05, 3.63) is 78.0 Å². The molecule has 172 valence electrons. The summed E-state index contributed by atoms with van der Waals surface area (Å²) >= 11 is 0. The zero-order chi connectivity index (χ0) is 24.1. The maximum atomic E-state index is 12.9. The fourth-order valence-electron chi connectivity index (χ4n) is 3.44. The van der Waals surface area contributed by atoms with Crippen LogP contribution in [0.15, 0.2) is 66.9 Å². The number of anilines is 2. The van der Waals surface area contributed by atoms with Gasteiger partial charge < -0.3 is 15.4 Å². The van der Waals surface area contributed by atoms with Gasteiger partial charge in [-0.15, -0.1) is 0 Å². The third-order valence-electron chi connectivity index (χ3n) is 4.96. The summed E-state index contributed by atoms with van der Waals surface area (Å²) in [5.41, 5.74) is 2.26. The fraction of sp³-hybridized carbons (Fsp3) is 0.160. The average Bonchev–Trinajstić information content (AvgIpc) is 3.23. The number of rotatable bonds is 7. The van der Waals surface area contributed by atoms with Gasteiger partial charge in [0.25, 0.3) is 0 Å². The van der Waals surface area contributed by atoms with E-state index < -0.39 is 5.97 Å². The van der Waals surface area contributed by atoms with Crippen LogP contribution in [0.5, 0.6) is 0 Å². The van der Waals surface area contributed by atoms with Crippen LogP contribution in [0.2, 0.25) is 0 Å². The smallest absolute Gasteiger partial charge is 0.343 e. The molecule has 0 saturated carbocycles. The Balaban J connectivity index is 1.62. The van der Waals surface area contributed by atoms with Crippen molar-refractivity contribution >= 4 is 40.2 Å². The molecule has 4 rings (SSSR count). The highest BCUT2D eigenvalue weighted by Crippen LogP contribution is 2.23. The Morgan fingerprint density at radius 2 is 1.74 bits per heavy atom. The molecule has 2 N–H and O–H groups in total. The van der Waals surface area contributed by atoms with Crippen LogP contribution in [-0.4, -0.2) is 39.2 Å². The number of ether oxygens (including phenoxy) is 1. The van der Waals surface area contributed by atoms with Crippen LogP contribution >= 0.6 is 0 Å². The zero-order valence-corrected chi connectivity index (χ0v) is 18.7. The lowest BCUT2D eigenvalue weighted by atomic mass is 10.1. The molecule has 0 atom stereocenters. The number of pyridine rings is 1. The topological polar surface area (TPSA) is 115 Å². The Labute approximate surface area is 195 Å². The third-order valence-corrected chi connectivity index (χ3v) is 4.96. The standard InChI is InChI=1S/C25H23N5O4/c1-3-34-25(33)20-15-26-30(22-13-10-18-6-4-5-7-21(18)28-22)24(20)29-23(32)14-17-8-11-19(12-9-17)27-16(2)31/h4-13,15H,3,14H2,1-2H3,(H,27,31)(H,29,32). The van der Waals surface area contributed by atoms with Crippen molar-refractivity contribution in [1.29, 1.82) is 0 Å². The molecule has 2 amide bonds. The minimum absolute atomic E-state index is 0.0545. The van der Waals surface area contributed by atoms with E-state index >= 15 is 0 Å². The van der Waals surface area contributed by atoms with Gasteiger partial charge in [-0.25, -0.2) is 9.78 Å². The van der Waals surface area contributed by atoms with E-state index in [-0.39, 0.29) is 36.2 Å². The molecule has 0 saturated heterocycles. The summed E-state index contributed by atoms with van der Waals surface area (Å²) < 4.78 is 6.55. The molecule has 0 bridgehead atoms. The Morgan fingerprint density at radius 1 is 0.971 bits per heavy atom. The number of aromatic nitrogens is 3. The number of para-hydroxylation sites is 1. The van der Waals surface area contributed by atoms with Crippen molar-refractivity contribution in [2.24, 2.45) is 0 Å². The molecule has 0 aliphatic rings. The first kappa shape index (κ1) is 22.7. The number of carbonyl (C=O) groups is 3. The fourth-order valence-corrected chi connectivity index (χ4v) is 3.44. The van der Waals surface area contributed by atoms with Gasteiger partial charge in [-0.05, 0) is 42.8 Å². The molecule has 2 aromatic heterocycles. The molecule has 0 aliphatic heterocycles. The van der Waals surface area contributed by atoms with Crippen LogP contribution < -0.4 is 10.6 Å². The van der Waals surface area contributed by atoms with E-state index in [1.165, 1.54) is 17.8 Å². The molecule has 4 aromatic rings. The van der Waals surface area contributed by atoms with Crippen LogP contribution in [-0.2, 0) is 20.7 Å². The Kier molecular flexibility index (Phi) is 6.63. The summed E-state index contributed by atoms with van der Waals surface area (Å²) in [6.45, 7) is 3.32. The van der Waals surface area contributed by atoms with E-state index in [1.807, 2.05) is 30.3 Å². The highest BCUT2D eigenvalue weighted by molar-refractivity contribution is 6.01. The Hall–Kier alpha value is -4.53. The molecule has 0 radical (unpaired) electrons. The first-order chi connectivity index (χ1) is 16.4. The van der Waals surface area contributed by atoms with Crippen LogP contribution in [0, 0.1) is 0 Å². The minimum atomic E-state index is -0.593. The Morgan fingerprint density at radius 3 is 2.47 bits per heavy atom. The first-order valence-corrected chi connectivity index (χ1v) is 10.7. The van der Waals surface area contributed by atoms with Crippen LogP contribution in [0.3, 0.4) is 0 Å². The molecule has 2 heterocycles. The normalized spacial score (nSPS) is 10.6. The number of benzene rings is 2. The predicted molar refractivity (Wildman–Crippen MR) is 128 cm³/mol. The second kappa shape index (κ2) is 9.95. The molecule has 0 aliphatic carbocycles. The monoisotopic (exact) mass is 457 g/mol. The first-order valence-electron chi connectivity index (χ1n) is 10.7. The van der Waals surface area contributed by atoms with E-state index in [9.17, 15) is 14.4 Å². The van der Waals surface area contributed by atoms with Crippen LogP contribution in [0.25, 0.3) is 16.7 Å². The zero-order valence-electron chi connectivity index (χ0n) is 18.7. The number of esters is 1. The molecule has 0 spiro atoms. The van der Waals surface area contributed by atoms with Gasteiger partial charge in [-0.2, -0.15) is 9.78 Å². The number of hydrogen-bond donors (Lipinski definition) is 2. The van der Waals surface area contributed by atoms with Crippen molar-refractivity contribution in [1.82, 2.24) is 14.8 Å². The Bertz CT molecular complexity index is 1360. The summed E-state index contributed by atoms with van der Waals surface area (Å²) in [7, 11) is 0. The van der Waals surface area contributed by atoms with E-state index in [2.05, 4.69) is 20.7 Å². The summed E-state index contributed by atoms with van der Waals surface area (Å²) in [6.07, 6.45) is 1.41. The van der Waals surface area contributed by atoms with Gasteiger partial charge in [0.2, 0.25) is 11.8 Å². The number of hydrogen-bond acceptors (Lipinski definition) is 6. The summed E-state index contributed by atoms with van der Waals surface area (Å²) in [4.78, 5) is 41.2. The largest absolute Gasteiger partial charge is 0.462 e. The molecule has 0 unspecified atom stereocenters. The van der Waals surface area contributed by atoms with Crippen LogP contribution in [0.1, 0.15) is 29.8 Å². The van der Waals surface area contributed by atoms with Gasteiger partial charge in [-0.3, -0.25) is 9.59 Å². The molecule has 2 aromatic carbocycles. The van der Waals surface area contributed by atoms with Gasteiger partial charge >= 0.3 is 5.97 Å². The van der Waals surface area contributed by atoms with Crippen molar-refractivity contribution in [3.63, 3.8) is 0 Å². The summed E-state index contributed by atoms with van der Waals surface area (Å²) in [5, 5.41) is 10.7. The lowest BCUT2D eigenvalue weighted by Gasteiger charge is -2.11. The molecule has 9 nitrogen and oxygen atoms in total. The second-order valence-corrected chi connectivity index (χ2v) is 7.50. The summed E-state index contributed by atoms with van der Waals surface area (Å²) in [5.74, 6) is -0.484. The minimum Gasteiger partial charge on any atom is -0.462 e. The molecule has 34 heavy (non-hydrogen) atoms. The van der Waals surface area contributed by atoms with Crippen LogP contribution in [0.4, 0.5) is 11.5 Å². The van der Waals surface area contributed by atoms with E-state index in [0.29, 0.717) is 11.5 Å². The SMILES string of the molecule is CCOC(=O)c1cnn(-c2ccc3ccccc3n2)c1NC(=O)Cc1ccc(NC(C)=O)cc1. The summed E-state index contributed by atoms with van der Waals surface area (Å²) in [6, 6.07) is 18.2. The van der Waals surface area contributed by atoms with Crippen molar-refractivity contribution in [2.75, 3.05) is 17.2 Å². The van der Waals surface area contributed by atoms with Crippen molar-refractivity contribution < 1.29 is 19.1 Å². The second-order valence-electron chi connectivity index (χ2n) is 7.50. The van der Waals surface area contributed by atoms with Gasteiger partial charge in [0.15, 0.2) is 11.6 Å². The number of amides is 2. The van der Waals surface area contributed by atoms with E-state index in [1.54, 1.807) is 37.3 Å². The lowest BCUT2D eigenvalue weighted by molar-refractivity contribution is -0.116. The molecular weight excluding hydrogens is 434 g/mol. The maximum Gasteiger partial charge on any atom is 0.343 e. The lowest BCUT2D eigenvalue weighted by Crippen LogP contribution is -2.20. The van der Waals surface area contributed by atoms with E-state index in [4.69, 9.17) is 4.74 Å². The molecular formula is C25H23N5O4. The average molecular weight is 457 g/mol. The quantitative estimate of drug-likeness (QED) is 0.409. The van der Waals surface area contributed by atoms with Gasteiger partial charge in [0.1, 0.15) is 5.56 Å². The number of carbonyl (C=O) groups excluding carboxylic acids is 3. The van der Waals surface area contributed by atoms with Crippen molar-refractivity contribution in [3.8, 4) is 5.82 Å². The van der Waals surface area contributed by atoms with Gasteiger partial charge in [0.05, 0.1) is 24.7 Å². The number of fused-ring (bicyclic) bond motifs is 1. The predicted octanol–water partition coefficient (Wildman–Crippen LogP) is 3.74. The van der Waals surface area contributed by atoms with Gasteiger partial charge in [-0.1, -0.05) is 30.3 Å². The highest BCUT2D eigenvalue weighted by Gasteiger charge is 2.22. The maximum absolute atomic E-state index is 12.9. The number of nitrogens with one attached hydrogen (secondary N) is 2.